The topological polar surface area (TPSA) is 118 Å². The predicted octanol–water partition coefficient (Wildman–Crippen LogP) is 5.09. The Hall–Kier alpha value is -3.53. The van der Waals surface area contributed by atoms with E-state index < -0.39 is 6.04 Å². The summed E-state index contributed by atoms with van der Waals surface area (Å²) in [5, 5.41) is 9.58. The van der Waals surface area contributed by atoms with Crippen LogP contribution in [-0.2, 0) is 14.4 Å². The molecular formula is C28H34N4O5S. The Morgan fingerprint density at radius 1 is 1.03 bits per heavy atom. The zero-order chi connectivity index (χ0) is 27.1. The Kier molecular flexibility index (Phi) is 9.28. The molecule has 1 aliphatic carbocycles. The van der Waals surface area contributed by atoms with Crippen molar-refractivity contribution in [1.82, 2.24) is 10.5 Å². The molecule has 2 N–H and O–H groups in total. The van der Waals surface area contributed by atoms with E-state index in [2.05, 4.69) is 15.8 Å². The minimum absolute atomic E-state index is 0.00783. The smallest absolute Gasteiger partial charge is 0.251 e. The minimum atomic E-state index is -0.979. The monoisotopic (exact) mass is 538 g/mol. The number of hydrogen-bond acceptors (Lipinski definition) is 7. The summed E-state index contributed by atoms with van der Waals surface area (Å²) in [4.78, 5) is 41.4. The fourth-order valence-corrected chi connectivity index (χ4v) is 5.29. The number of nitrogens with zero attached hydrogens (tertiary/aromatic N) is 2. The molecule has 0 aliphatic heterocycles. The average molecular weight is 539 g/mol. The number of aromatic nitrogens is 1. The Bertz CT molecular complexity index is 1260. The first-order valence-corrected chi connectivity index (χ1v) is 14.0. The maximum absolute atomic E-state index is 13.8. The number of nitrogens with one attached hydrogen (secondary N) is 2. The highest BCUT2D eigenvalue weighted by Gasteiger charge is 2.36. The van der Waals surface area contributed by atoms with Gasteiger partial charge in [0.05, 0.1) is 11.5 Å². The lowest BCUT2D eigenvalue weighted by molar-refractivity contribution is -0.127. The molecule has 9 nitrogen and oxygen atoms in total. The highest BCUT2D eigenvalue weighted by molar-refractivity contribution is 8.00. The quantitative estimate of drug-likeness (QED) is 0.369. The Labute approximate surface area is 226 Å². The second-order valence-corrected chi connectivity index (χ2v) is 10.6. The van der Waals surface area contributed by atoms with Gasteiger partial charge in [0.15, 0.2) is 11.9 Å². The summed E-state index contributed by atoms with van der Waals surface area (Å²) in [5.41, 5.74) is 1.55. The highest BCUT2D eigenvalue weighted by Crippen LogP contribution is 2.31. The molecule has 1 aliphatic rings. The zero-order valence-corrected chi connectivity index (χ0v) is 22.8. The maximum Gasteiger partial charge on any atom is 0.251 e. The molecule has 4 rings (SSSR count). The van der Waals surface area contributed by atoms with Crippen LogP contribution in [0.5, 0.6) is 0 Å². The number of furan rings is 1. The van der Waals surface area contributed by atoms with Crippen molar-refractivity contribution >= 4 is 41.0 Å². The Morgan fingerprint density at radius 3 is 2.47 bits per heavy atom. The van der Waals surface area contributed by atoms with Crippen LogP contribution in [0.25, 0.3) is 0 Å². The first kappa shape index (κ1) is 27.5. The van der Waals surface area contributed by atoms with Crippen LogP contribution in [0, 0.1) is 20.8 Å². The molecule has 1 unspecified atom stereocenters. The third kappa shape index (κ3) is 7.28. The normalized spacial score (nSPS) is 14.6. The van der Waals surface area contributed by atoms with Crippen LogP contribution in [0.15, 0.2) is 51.4 Å². The van der Waals surface area contributed by atoms with E-state index in [0.29, 0.717) is 28.8 Å². The van der Waals surface area contributed by atoms with Crippen molar-refractivity contribution in [2.75, 3.05) is 21.7 Å². The van der Waals surface area contributed by atoms with Crippen molar-refractivity contribution in [3.63, 3.8) is 0 Å². The van der Waals surface area contributed by atoms with Crippen molar-refractivity contribution in [2.24, 2.45) is 0 Å². The van der Waals surface area contributed by atoms with Gasteiger partial charge in [-0.05, 0) is 63.4 Å². The van der Waals surface area contributed by atoms with Crippen LogP contribution in [-0.4, -0.2) is 40.4 Å². The van der Waals surface area contributed by atoms with Crippen molar-refractivity contribution in [3.05, 3.63) is 65.3 Å². The van der Waals surface area contributed by atoms with E-state index >= 15 is 0 Å². The standard InChI is InChI=1S/C28H34N4O5S/c1-18-8-7-11-22(14-18)32(26(34)17-38-16-25(33)30-24-15-20(3)37-31-24)27(23-13-12-19(2)36-23)28(35)29-21-9-5-4-6-10-21/h7-8,11-15,21,27H,4-6,9-10,16-17H2,1-3H3,(H,29,35)(H,30,31,33). The van der Waals surface area contributed by atoms with Gasteiger partial charge in [-0.25, -0.2) is 0 Å². The minimum Gasteiger partial charge on any atom is -0.464 e. The van der Waals surface area contributed by atoms with Gasteiger partial charge in [-0.15, -0.1) is 11.8 Å². The molecule has 0 bridgehead atoms. The van der Waals surface area contributed by atoms with E-state index in [1.165, 1.54) is 11.3 Å². The van der Waals surface area contributed by atoms with Gasteiger partial charge in [-0.2, -0.15) is 0 Å². The molecule has 0 radical (unpaired) electrons. The molecule has 38 heavy (non-hydrogen) atoms. The Morgan fingerprint density at radius 2 is 1.82 bits per heavy atom. The molecule has 0 spiro atoms. The summed E-state index contributed by atoms with van der Waals surface area (Å²) in [6, 6.07) is 11.7. The SMILES string of the molecule is Cc1cccc(N(C(=O)CSCC(=O)Nc2cc(C)on2)C(C(=O)NC2CCCCC2)c2ccc(C)o2)c1. The van der Waals surface area contributed by atoms with Crippen LogP contribution in [0.4, 0.5) is 11.5 Å². The fourth-order valence-electron chi connectivity index (χ4n) is 4.62. The lowest BCUT2D eigenvalue weighted by Crippen LogP contribution is -2.47. The lowest BCUT2D eigenvalue weighted by atomic mass is 9.95. The zero-order valence-electron chi connectivity index (χ0n) is 22.0. The summed E-state index contributed by atoms with van der Waals surface area (Å²) in [7, 11) is 0. The molecule has 1 atom stereocenters. The third-order valence-corrected chi connectivity index (χ3v) is 7.31. The maximum atomic E-state index is 13.8. The summed E-state index contributed by atoms with van der Waals surface area (Å²) >= 11 is 1.16. The average Bonchev–Trinajstić information content (AvgIpc) is 3.50. The van der Waals surface area contributed by atoms with Crippen LogP contribution in [0.2, 0.25) is 0 Å². The van der Waals surface area contributed by atoms with Crippen molar-refractivity contribution in [3.8, 4) is 0 Å². The summed E-state index contributed by atoms with van der Waals surface area (Å²) in [5.74, 6) is 1.12. The predicted molar refractivity (Wildman–Crippen MR) is 147 cm³/mol. The number of carbonyl (C=O) groups is 3. The van der Waals surface area contributed by atoms with Crippen molar-refractivity contribution in [2.45, 2.75) is 65.0 Å². The third-order valence-electron chi connectivity index (χ3n) is 6.39. The molecule has 10 heteroatoms. The van der Waals surface area contributed by atoms with Crippen molar-refractivity contribution < 1.29 is 23.3 Å². The Balaban J connectivity index is 1.54. The molecule has 1 saturated carbocycles. The van der Waals surface area contributed by atoms with E-state index in [1.807, 2.05) is 38.1 Å². The number of thioether (sulfide) groups is 1. The second kappa shape index (κ2) is 12.8. The van der Waals surface area contributed by atoms with Gasteiger partial charge in [0, 0.05) is 17.8 Å². The van der Waals surface area contributed by atoms with Gasteiger partial charge in [-0.3, -0.25) is 19.3 Å². The van der Waals surface area contributed by atoms with Gasteiger partial charge in [0.25, 0.3) is 5.91 Å². The van der Waals surface area contributed by atoms with Gasteiger partial charge < -0.3 is 19.6 Å². The van der Waals surface area contributed by atoms with Crippen LogP contribution in [0.3, 0.4) is 0 Å². The molecule has 2 heterocycles. The largest absolute Gasteiger partial charge is 0.464 e. The second-order valence-electron chi connectivity index (χ2n) is 9.66. The first-order chi connectivity index (χ1) is 18.3. The number of amides is 3. The van der Waals surface area contributed by atoms with Gasteiger partial charge in [-0.1, -0.05) is 36.6 Å². The summed E-state index contributed by atoms with van der Waals surface area (Å²) in [6.45, 7) is 5.48. The van der Waals surface area contributed by atoms with E-state index in [9.17, 15) is 14.4 Å². The van der Waals surface area contributed by atoms with E-state index in [-0.39, 0.29) is 35.3 Å². The molecule has 3 amide bonds. The first-order valence-electron chi connectivity index (χ1n) is 12.9. The van der Waals surface area contributed by atoms with Crippen LogP contribution in [0.1, 0.15) is 61.0 Å². The van der Waals surface area contributed by atoms with Gasteiger partial charge >= 0.3 is 0 Å². The van der Waals surface area contributed by atoms with E-state index in [0.717, 1.165) is 43.0 Å². The highest BCUT2D eigenvalue weighted by atomic mass is 32.2. The molecule has 1 aromatic carbocycles. The van der Waals surface area contributed by atoms with E-state index in [1.54, 1.807) is 25.1 Å². The molecular weight excluding hydrogens is 504 g/mol. The number of anilines is 2. The number of benzene rings is 1. The van der Waals surface area contributed by atoms with E-state index in [4.69, 9.17) is 8.94 Å². The molecule has 202 valence electrons. The fraction of sp³-hybridized carbons (Fsp3) is 0.429. The molecule has 2 aromatic heterocycles. The van der Waals surface area contributed by atoms with Gasteiger partial charge in [0.2, 0.25) is 11.8 Å². The molecule has 0 saturated heterocycles. The molecule has 3 aromatic rings. The van der Waals surface area contributed by atoms with Crippen molar-refractivity contribution in [1.29, 1.82) is 0 Å². The van der Waals surface area contributed by atoms with Crippen LogP contribution < -0.4 is 15.5 Å². The molecule has 1 fully saturated rings. The lowest BCUT2D eigenvalue weighted by Gasteiger charge is -2.32. The summed E-state index contributed by atoms with van der Waals surface area (Å²) < 4.78 is 10.9. The van der Waals surface area contributed by atoms with Gasteiger partial charge in [0.1, 0.15) is 17.3 Å². The number of aryl methyl sites for hydroxylation is 3. The number of rotatable bonds is 10. The number of carbonyl (C=O) groups excluding carboxylic acids is 3. The van der Waals surface area contributed by atoms with Crippen LogP contribution >= 0.6 is 11.8 Å². The summed E-state index contributed by atoms with van der Waals surface area (Å²) in [6.07, 6.45) is 5.15. The number of hydrogen-bond donors (Lipinski definition) is 2.